The van der Waals surface area contributed by atoms with Crippen LogP contribution in [0, 0.1) is 0 Å². The van der Waals surface area contributed by atoms with Crippen molar-refractivity contribution >= 4 is 28.4 Å². The molecular formula is C2H3Cl2FO. The van der Waals surface area contributed by atoms with Crippen molar-refractivity contribution in [1.29, 1.82) is 0 Å². The van der Waals surface area contributed by atoms with Crippen LogP contribution in [0.5, 0.6) is 0 Å². The molecule has 0 aliphatic heterocycles. The highest BCUT2D eigenvalue weighted by Gasteiger charge is 1.83. The van der Waals surface area contributed by atoms with Gasteiger partial charge >= 0.3 is 0 Å². The Kier molecular flexibility index (Phi) is 8.19. The van der Waals surface area contributed by atoms with E-state index >= 15 is 0 Å². The van der Waals surface area contributed by atoms with Crippen LogP contribution < -0.4 is 0 Å². The molecule has 0 unspecified atom stereocenters. The average molecular weight is 133 g/mol. The normalized spacial score (nSPS) is 6.33. The molecule has 0 fully saturated rings. The molecule has 38 valence electrons. The quantitative estimate of drug-likeness (QED) is 0.387. The Morgan fingerprint density at radius 1 is 1.67 bits per heavy atom. The molecule has 0 N–H and O–H groups in total. The van der Waals surface area contributed by atoms with Crippen LogP contribution >= 0.6 is 23.2 Å². The Hall–Kier alpha value is 0.180. The Morgan fingerprint density at radius 3 is 1.83 bits per heavy atom. The van der Waals surface area contributed by atoms with E-state index in [4.69, 9.17) is 23.2 Å². The summed E-state index contributed by atoms with van der Waals surface area (Å²) in [6, 6.07) is 0. The minimum Gasteiger partial charge on any atom is -0.280 e. The standard InChI is InChI=1S/C2H2Cl2O.FH/c3-1-2(4)5;/h1H2;1H. The van der Waals surface area contributed by atoms with E-state index in [1.54, 1.807) is 0 Å². The average Bonchev–Trinajstić information content (AvgIpc) is 1.38. The zero-order chi connectivity index (χ0) is 4.28. The highest BCUT2D eigenvalue weighted by Crippen LogP contribution is 1.80. The van der Waals surface area contributed by atoms with Crippen molar-refractivity contribution in [2.24, 2.45) is 0 Å². The molecule has 0 saturated heterocycles. The fourth-order valence-corrected chi connectivity index (χ4v) is 0. The second-order valence-electron chi connectivity index (χ2n) is 0.489. The third kappa shape index (κ3) is 8.89. The molecule has 0 aliphatic carbocycles. The van der Waals surface area contributed by atoms with Crippen LogP contribution in [0.4, 0.5) is 4.70 Å². The zero-order valence-corrected chi connectivity index (χ0v) is 4.29. The van der Waals surface area contributed by atoms with Gasteiger partial charge in [0.25, 0.3) is 0 Å². The first-order chi connectivity index (χ1) is 2.27. The maximum atomic E-state index is 9.45. The van der Waals surface area contributed by atoms with Gasteiger partial charge in [0.15, 0.2) is 0 Å². The fraction of sp³-hybridized carbons (Fsp3) is 0.500. The van der Waals surface area contributed by atoms with Crippen LogP contribution in [0.3, 0.4) is 0 Å². The number of hydrogen-bond donors (Lipinski definition) is 0. The number of halogens is 3. The van der Waals surface area contributed by atoms with Gasteiger partial charge in [-0.1, -0.05) is 0 Å². The molecule has 0 aromatic heterocycles. The summed E-state index contributed by atoms with van der Waals surface area (Å²) in [5.41, 5.74) is 0. The van der Waals surface area contributed by atoms with Gasteiger partial charge in [-0.3, -0.25) is 9.50 Å². The molecule has 1 nitrogen and oxygen atoms in total. The maximum absolute atomic E-state index is 9.45. The molecular weight excluding hydrogens is 130 g/mol. The molecule has 0 heterocycles. The Bertz CT molecular complexity index is 46.8. The van der Waals surface area contributed by atoms with E-state index < -0.39 is 5.24 Å². The minimum absolute atomic E-state index is 0. The molecule has 0 saturated carbocycles. The van der Waals surface area contributed by atoms with Gasteiger partial charge in [0.1, 0.15) is 0 Å². The first-order valence-corrected chi connectivity index (χ1v) is 1.93. The molecule has 0 bridgehead atoms. The number of alkyl halides is 1. The summed E-state index contributed by atoms with van der Waals surface area (Å²) in [5, 5.41) is -0.508. The molecule has 0 atom stereocenters. The van der Waals surface area contributed by atoms with Gasteiger partial charge in [0, 0.05) is 0 Å². The smallest absolute Gasteiger partial charge is 0.236 e. The minimum atomic E-state index is -0.508. The Balaban J connectivity index is 0. The summed E-state index contributed by atoms with van der Waals surface area (Å²) in [7, 11) is 0. The van der Waals surface area contributed by atoms with E-state index in [0.717, 1.165) is 0 Å². The van der Waals surface area contributed by atoms with Gasteiger partial charge < -0.3 is 0 Å². The van der Waals surface area contributed by atoms with Gasteiger partial charge in [-0.05, 0) is 11.6 Å². The number of rotatable bonds is 1. The first kappa shape index (κ1) is 9.49. The molecule has 0 aliphatic rings. The Morgan fingerprint density at radius 2 is 1.83 bits per heavy atom. The van der Waals surface area contributed by atoms with Gasteiger partial charge in [-0.25, -0.2) is 0 Å². The van der Waals surface area contributed by atoms with Crippen LogP contribution in [0.25, 0.3) is 0 Å². The van der Waals surface area contributed by atoms with Crippen LogP contribution in [0.2, 0.25) is 0 Å². The van der Waals surface area contributed by atoms with Crippen molar-refractivity contribution in [3.63, 3.8) is 0 Å². The van der Waals surface area contributed by atoms with Crippen molar-refractivity contribution in [2.75, 3.05) is 5.88 Å². The van der Waals surface area contributed by atoms with Crippen LogP contribution in [-0.2, 0) is 4.79 Å². The van der Waals surface area contributed by atoms with Crippen LogP contribution in [0.1, 0.15) is 0 Å². The lowest BCUT2D eigenvalue weighted by molar-refractivity contribution is -0.109. The zero-order valence-electron chi connectivity index (χ0n) is 2.78. The van der Waals surface area contributed by atoms with Crippen molar-refractivity contribution in [2.45, 2.75) is 0 Å². The molecule has 6 heavy (non-hydrogen) atoms. The topological polar surface area (TPSA) is 17.1 Å². The summed E-state index contributed by atoms with van der Waals surface area (Å²) >= 11 is 9.55. The Labute approximate surface area is 44.6 Å². The number of hydrogen-bond acceptors (Lipinski definition) is 1. The summed E-state index contributed by atoms with van der Waals surface area (Å²) in [6.45, 7) is 0. The van der Waals surface area contributed by atoms with Crippen molar-refractivity contribution in [3.05, 3.63) is 0 Å². The van der Waals surface area contributed by atoms with Crippen molar-refractivity contribution in [1.82, 2.24) is 0 Å². The van der Waals surface area contributed by atoms with Crippen molar-refractivity contribution in [3.8, 4) is 0 Å². The highest BCUT2D eigenvalue weighted by molar-refractivity contribution is 6.67. The molecule has 4 heteroatoms. The maximum Gasteiger partial charge on any atom is 0.236 e. The first-order valence-electron chi connectivity index (χ1n) is 1.01. The van der Waals surface area contributed by atoms with Gasteiger partial charge in [-0.2, -0.15) is 0 Å². The largest absolute Gasteiger partial charge is 0.280 e. The summed E-state index contributed by atoms with van der Waals surface area (Å²) < 4.78 is 0. The fourth-order valence-electron chi connectivity index (χ4n) is 0. The lowest BCUT2D eigenvalue weighted by Gasteiger charge is -1.65. The van der Waals surface area contributed by atoms with Crippen LogP contribution in [0.15, 0.2) is 0 Å². The second kappa shape index (κ2) is 5.18. The SMILES string of the molecule is F.O=C(Cl)CCl. The van der Waals surface area contributed by atoms with E-state index in [9.17, 15) is 4.79 Å². The number of carbonyl (C=O) groups excluding carboxylic acids is 1. The molecule has 0 spiro atoms. The van der Waals surface area contributed by atoms with Crippen LogP contribution in [-0.4, -0.2) is 11.1 Å². The lowest BCUT2D eigenvalue weighted by atomic mass is 10.9. The van der Waals surface area contributed by atoms with Crippen molar-refractivity contribution < 1.29 is 9.50 Å². The summed E-state index contributed by atoms with van der Waals surface area (Å²) in [5.74, 6) is -0.0957. The second-order valence-corrected chi connectivity index (χ2v) is 1.18. The molecule has 0 radical (unpaired) electrons. The highest BCUT2D eigenvalue weighted by atomic mass is 35.5. The van der Waals surface area contributed by atoms with E-state index in [1.807, 2.05) is 0 Å². The molecule has 0 rings (SSSR count). The number of carbonyl (C=O) groups is 1. The van der Waals surface area contributed by atoms with Gasteiger partial charge in [-0.15, -0.1) is 11.6 Å². The van der Waals surface area contributed by atoms with E-state index in [-0.39, 0.29) is 10.6 Å². The third-order valence-corrected chi connectivity index (χ3v) is 0.618. The summed E-state index contributed by atoms with van der Waals surface area (Å²) in [4.78, 5) is 9.45. The lowest BCUT2D eigenvalue weighted by Crippen LogP contribution is -1.81. The predicted octanol–water partition coefficient (Wildman–Crippen LogP) is 1.14. The predicted molar refractivity (Wildman–Crippen MR) is 24.1 cm³/mol. The van der Waals surface area contributed by atoms with E-state index in [1.165, 1.54) is 0 Å². The molecule has 0 aromatic carbocycles. The summed E-state index contributed by atoms with van der Waals surface area (Å²) in [6.07, 6.45) is 0. The third-order valence-electron chi connectivity index (χ3n) is 0.105. The molecule has 0 amide bonds. The van der Waals surface area contributed by atoms with E-state index in [0.29, 0.717) is 0 Å². The van der Waals surface area contributed by atoms with E-state index in [2.05, 4.69) is 0 Å². The van der Waals surface area contributed by atoms with Gasteiger partial charge in [0.2, 0.25) is 5.24 Å². The molecule has 0 aromatic rings. The van der Waals surface area contributed by atoms with Gasteiger partial charge in [0.05, 0.1) is 5.88 Å². The monoisotopic (exact) mass is 132 g/mol.